The molecule has 1 saturated carbocycles. The molecule has 0 bridgehead atoms. The number of carbonyl (C=O) groups is 1. The van der Waals surface area contributed by atoms with Gasteiger partial charge < -0.3 is 4.90 Å². The molecule has 2 nitrogen and oxygen atoms in total. The standard InChI is InChI=1S/C13H15NOS/c15-13(12-5-8-16-9-12)14-6-3-11(4-7-14)10-1-2-10/h5,8-9H,1-4,6-7H2. The number of nitrogens with zero attached hydrogens (tertiary/aromatic N) is 1. The number of allylic oxidation sites excluding steroid dienone is 1. The van der Waals surface area contributed by atoms with E-state index in [0.29, 0.717) is 0 Å². The third-order valence-corrected chi connectivity index (χ3v) is 4.11. The Morgan fingerprint density at radius 3 is 2.38 bits per heavy atom. The van der Waals surface area contributed by atoms with Gasteiger partial charge in [-0.15, -0.1) is 0 Å². The van der Waals surface area contributed by atoms with Crippen molar-refractivity contribution in [3.05, 3.63) is 33.5 Å². The Morgan fingerprint density at radius 2 is 1.81 bits per heavy atom. The predicted molar refractivity (Wildman–Crippen MR) is 65.7 cm³/mol. The Kier molecular flexibility index (Phi) is 2.56. The molecule has 3 rings (SSSR count). The second kappa shape index (κ2) is 4.06. The maximum absolute atomic E-state index is 12.1. The summed E-state index contributed by atoms with van der Waals surface area (Å²) in [7, 11) is 0. The van der Waals surface area contributed by atoms with Gasteiger partial charge in [0.1, 0.15) is 0 Å². The van der Waals surface area contributed by atoms with E-state index in [0.717, 1.165) is 31.5 Å². The lowest BCUT2D eigenvalue weighted by Crippen LogP contribution is -2.36. The van der Waals surface area contributed by atoms with Crippen LogP contribution in [0.25, 0.3) is 0 Å². The first-order valence-electron chi connectivity index (χ1n) is 5.86. The quantitative estimate of drug-likeness (QED) is 0.683. The number of amides is 1. The van der Waals surface area contributed by atoms with Crippen molar-refractivity contribution in [3.63, 3.8) is 0 Å². The maximum Gasteiger partial charge on any atom is 0.254 e. The van der Waals surface area contributed by atoms with Crippen LogP contribution in [0, 0.1) is 0 Å². The normalized spacial score (nSPS) is 20.1. The van der Waals surface area contributed by atoms with E-state index in [9.17, 15) is 4.79 Å². The monoisotopic (exact) mass is 233 g/mol. The molecule has 2 aliphatic rings. The van der Waals surface area contributed by atoms with Gasteiger partial charge in [-0.25, -0.2) is 0 Å². The minimum absolute atomic E-state index is 0.209. The zero-order valence-corrected chi connectivity index (χ0v) is 10.1. The summed E-state index contributed by atoms with van der Waals surface area (Å²) in [5.41, 5.74) is 4.16. The first kappa shape index (κ1) is 10.1. The number of thiophene rings is 1. The summed E-state index contributed by atoms with van der Waals surface area (Å²) in [5.74, 6) is 0.209. The Balaban J connectivity index is 1.66. The molecule has 0 spiro atoms. The Morgan fingerprint density at radius 1 is 1.12 bits per heavy atom. The van der Waals surface area contributed by atoms with Crippen molar-refractivity contribution < 1.29 is 4.79 Å². The summed E-state index contributed by atoms with van der Waals surface area (Å²) in [5, 5.41) is 3.91. The van der Waals surface area contributed by atoms with Crippen LogP contribution >= 0.6 is 11.3 Å². The Labute approximate surface area is 99.6 Å². The number of likely N-dealkylation sites (tertiary alicyclic amines) is 1. The van der Waals surface area contributed by atoms with Crippen LogP contribution < -0.4 is 0 Å². The van der Waals surface area contributed by atoms with E-state index in [2.05, 4.69) is 0 Å². The molecule has 0 unspecified atom stereocenters. The van der Waals surface area contributed by atoms with Gasteiger partial charge >= 0.3 is 0 Å². The van der Waals surface area contributed by atoms with E-state index in [1.807, 2.05) is 21.7 Å². The van der Waals surface area contributed by atoms with Gasteiger partial charge in [-0.2, -0.15) is 11.3 Å². The fourth-order valence-electron chi connectivity index (χ4n) is 2.32. The lowest BCUT2D eigenvalue weighted by atomic mass is 10.0. The third-order valence-electron chi connectivity index (χ3n) is 3.42. The van der Waals surface area contributed by atoms with Gasteiger partial charge in [0.25, 0.3) is 5.91 Å². The third kappa shape index (κ3) is 1.92. The van der Waals surface area contributed by atoms with Crippen LogP contribution in [0.4, 0.5) is 0 Å². The number of hydrogen-bond donors (Lipinski definition) is 0. The summed E-state index contributed by atoms with van der Waals surface area (Å²) in [4.78, 5) is 14.1. The van der Waals surface area contributed by atoms with E-state index in [-0.39, 0.29) is 5.91 Å². The molecule has 1 aliphatic carbocycles. The molecule has 1 aromatic rings. The van der Waals surface area contributed by atoms with Gasteiger partial charge in [0.15, 0.2) is 0 Å². The topological polar surface area (TPSA) is 20.3 Å². The molecule has 84 valence electrons. The highest BCUT2D eigenvalue weighted by atomic mass is 32.1. The number of rotatable bonds is 1. The fraction of sp³-hybridized carbons (Fsp3) is 0.462. The van der Waals surface area contributed by atoms with Gasteiger partial charge in [-0.1, -0.05) is 11.1 Å². The zero-order valence-electron chi connectivity index (χ0n) is 9.24. The van der Waals surface area contributed by atoms with Crippen LogP contribution in [0.2, 0.25) is 0 Å². The van der Waals surface area contributed by atoms with Crippen LogP contribution in [0.5, 0.6) is 0 Å². The zero-order chi connectivity index (χ0) is 11.0. The van der Waals surface area contributed by atoms with Crippen molar-refractivity contribution in [2.45, 2.75) is 25.7 Å². The largest absolute Gasteiger partial charge is 0.338 e. The molecule has 1 aliphatic heterocycles. The SMILES string of the molecule is O=C(c1ccsc1)N1CCC(=C2CC2)CC1. The van der Waals surface area contributed by atoms with Crippen LogP contribution in [0.3, 0.4) is 0 Å². The Bertz CT molecular complexity index is 417. The molecule has 1 aromatic heterocycles. The minimum atomic E-state index is 0.209. The summed E-state index contributed by atoms with van der Waals surface area (Å²) in [6, 6.07) is 1.92. The lowest BCUT2D eigenvalue weighted by molar-refractivity contribution is 0.0744. The van der Waals surface area contributed by atoms with Crippen LogP contribution in [0.15, 0.2) is 28.0 Å². The maximum atomic E-state index is 12.1. The molecule has 2 fully saturated rings. The molecule has 0 radical (unpaired) electrons. The molecule has 0 atom stereocenters. The van der Waals surface area contributed by atoms with Crippen molar-refractivity contribution in [1.82, 2.24) is 4.90 Å². The van der Waals surface area contributed by atoms with Gasteiger partial charge in [0.05, 0.1) is 5.56 Å². The smallest absolute Gasteiger partial charge is 0.254 e. The van der Waals surface area contributed by atoms with Crippen molar-refractivity contribution in [2.24, 2.45) is 0 Å². The van der Waals surface area contributed by atoms with Crippen LogP contribution in [-0.4, -0.2) is 23.9 Å². The average Bonchev–Trinajstić information content (AvgIpc) is 3.04. The molecule has 2 heterocycles. The first-order valence-corrected chi connectivity index (χ1v) is 6.80. The molecule has 1 saturated heterocycles. The molecular formula is C13H15NOS. The van der Waals surface area contributed by atoms with E-state index in [1.165, 1.54) is 12.8 Å². The van der Waals surface area contributed by atoms with E-state index in [1.54, 1.807) is 22.5 Å². The second-order valence-corrected chi connectivity index (χ2v) is 5.29. The first-order chi connectivity index (χ1) is 7.84. The van der Waals surface area contributed by atoms with Gasteiger partial charge in [0.2, 0.25) is 0 Å². The van der Waals surface area contributed by atoms with Gasteiger partial charge in [-0.3, -0.25) is 4.79 Å². The second-order valence-electron chi connectivity index (χ2n) is 4.51. The van der Waals surface area contributed by atoms with Gasteiger partial charge in [0, 0.05) is 18.5 Å². The van der Waals surface area contributed by atoms with E-state index >= 15 is 0 Å². The number of carbonyl (C=O) groups excluding carboxylic acids is 1. The molecule has 0 N–H and O–H groups in total. The summed E-state index contributed by atoms with van der Waals surface area (Å²) in [6.45, 7) is 1.82. The van der Waals surface area contributed by atoms with E-state index in [4.69, 9.17) is 0 Å². The fourth-order valence-corrected chi connectivity index (χ4v) is 2.95. The van der Waals surface area contributed by atoms with Crippen LogP contribution in [-0.2, 0) is 0 Å². The molecule has 3 heteroatoms. The minimum Gasteiger partial charge on any atom is -0.338 e. The van der Waals surface area contributed by atoms with Crippen molar-refractivity contribution in [1.29, 1.82) is 0 Å². The summed E-state index contributed by atoms with van der Waals surface area (Å²) >= 11 is 1.59. The average molecular weight is 233 g/mol. The molecular weight excluding hydrogens is 218 g/mol. The Hall–Kier alpha value is -1.09. The molecule has 16 heavy (non-hydrogen) atoms. The highest BCUT2D eigenvalue weighted by molar-refractivity contribution is 7.08. The van der Waals surface area contributed by atoms with Crippen molar-refractivity contribution in [2.75, 3.05) is 13.1 Å². The molecule has 0 aromatic carbocycles. The summed E-state index contributed by atoms with van der Waals surface area (Å²) in [6.07, 6.45) is 4.83. The van der Waals surface area contributed by atoms with Crippen LogP contribution in [0.1, 0.15) is 36.0 Å². The lowest BCUT2D eigenvalue weighted by Gasteiger charge is -2.28. The highest BCUT2D eigenvalue weighted by Crippen LogP contribution is 2.36. The van der Waals surface area contributed by atoms with Crippen molar-refractivity contribution in [3.8, 4) is 0 Å². The number of piperidine rings is 1. The summed E-state index contributed by atoms with van der Waals surface area (Å²) < 4.78 is 0. The molecule has 1 amide bonds. The van der Waals surface area contributed by atoms with Crippen molar-refractivity contribution >= 4 is 17.2 Å². The number of hydrogen-bond acceptors (Lipinski definition) is 2. The highest BCUT2D eigenvalue weighted by Gasteiger charge is 2.24. The van der Waals surface area contributed by atoms with E-state index < -0.39 is 0 Å². The van der Waals surface area contributed by atoms with Gasteiger partial charge in [-0.05, 0) is 37.1 Å². The predicted octanol–water partition coefficient (Wildman–Crippen LogP) is 3.07.